The number of halogens is 1. The first-order valence-electron chi connectivity index (χ1n) is 6.22. The van der Waals surface area contributed by atoms with E-state index in [0.717, 1.165) is 16.7 Å². The predicted octanol–water partition coefficient (Wildman–Crippen LogP) is 3.87. The molecule has 0 saturated heterocycles. The number of nitrogens with zero attached hydrogens (tertiary/aromatic N) is 2. The fraction of sp³-hybridized carbons (Fsp3) is 0.286. The van der Waals surface area contributed by atoms with Crippen LogP contribution in [0.25, 0.3) is 0 Å². The van der Waals surface area contributed by atoms with Crippen LogP contribution in [0.5, 0.6) is 0 Å². The molecule has 1 unspecified atom stereocenters. The molecule has 1 aromatic carbocycles. The lowest BCUT2D eigenvalue weighted by atomic mass is 10.2. The van der Waals surface area contributed by atoms with Gasteiger partial charge < -0.3 is 5.32 Å². The van der Waals surface area contributed by atoms with E-state index in [1.807, 2.05) is 22.9 Å². The van der Waals surface area contributed by atoms with Crippen LogP contribution < -0.4 is 5.32 Å². The summed E-state index contributed by atoms with van der Waals surface area (Å²) < 4.78 is 2.71. The summed E-state index contributed by atoms with van der Waals surface area (Å²) in [4.78, 5) is 12.2. The van der Waals surface area contributed by atoms with Gasteiger partial charge in [-0.15, -0.1) is 0 Å². The highest BCUT2D eigenvalue weighted by Crippen LogP contribution is 2.18. The molecule has 0 aliphatic heterocycles. The van der Waals surface area contributed by atoms with E-state index in [4.69, 9.17) is 0 Å². The minimum atomic E-state index is -0.133. The molecule has 1 amide bonds. The summed E-state index contributed by atoms with van der Waals surface area (Å²) >= 11 is 3.36. The average molecular weight is 322 g/mol. The van der Waals surface area contributed by atoms with Crippen LogP contribution in [0.4, 0.5) is 5.82 Å². The Kier molecular flexibility index (Phi) is 4.37. The highest BCUT2D eigenvalue weighted by atomic mass is 79.9. The van der Waals surface area contributed by atoms with E-state index in [1.54, 1.807) is 18.3 Å². The van der Waals surface area contributed by atoms with Gasteiger partial charge in [-0.05, 0) is 31.5 Å². The van der Waals surface area contributed by atoms with Crippen LogP contribution in [0, 0.1) is 0 Å². The van der Waals surface area contributed by atoms with Crippen LogP contribution in [0.2, 0.25) is 0 Å². The van der Waals surface area contributed by atoms with Crippen LogP contribution in [0.1, 0.15) is 36.7 Å². The maximum Gasteiger partial charge on any atom is 0.256 e. The Morgan fingerprint density at radius 2 is 2.26 bits per heavy atom. The smallest absolute Gasteiger partial charge is 0.256 e. The standard InChI is InChI=1S/C14H16BrN3O/c1-3-10(2)18-13(7-8-16-18)17-14(19)11-5-4-6-12(15)9-11/h4-10H,3H2,1-2H3,(H,17,19). The van der Waals surface area contributed by atoms with Gasteiger partial charge in [0.15, 0.2) is 0 Å². The number of carbonyl (C=O) groups is 1. The molecule has 0 bridgehead atoms. The van der Waals surface area contributed by atoms with Crippen LogP contribution in [0.15, 0.2) is 41.0 Å². The van der Waals surface area contributed by atoms with Gasteiger partial charge in [0.05, 0.1) is 12.2 Å². The van der Waals surface area contributed by atoms with E-state index in [2.05, 4.69) is 40.2 Å². The fourth-order valence-corrected chi connectivity index (χ4v) is 2.15. The van der Waals surface area contributed by atoms with Crippen molar-refractivity contribution in [1.82, 2.24) is 9.78 Å². The Balaban J connectivity index is 2.18. The number of anilines is 1. The highest BCUT2D eigenvalue weighted by Gasteiger charge is 2.12. The Hall–Kier alpha value is -1.62. The largest absolute Gasteiger partial charge is 0.307 e. The molecule has 1 aromatic heterocycles. The van der Waals surface area contributed by atoms with E-state index in [9.17, 15) is 4.79 Å². The molecule has 0 spiro atoms. The second kappa shape index (κ2) is 6.02. The summed E-state index contributed by atoms with van der Waals surface area (Å²) in [6.07, 6.45) is 2.66. The molecule has 2 aromatic rings. The van der Waals surface area contributed by atoms with Crippen molar-refractivity contribution in [2.45, 2.75) is 26.3 Å². The predicted molar refractivity (Wildman–Crippen MR) is 79.3 cm³/mol. The topological polar surface area (TPSA) is 46.9 Å². The Morgan fingerprint density at radius 1 is 1.47 bits per heavy atom. The van der Waals surface area contributed by atoms with Crippen LogP contribution in [-0.2, 0) is 0 Å². The zero-order valence-electron chi connectivity index (χ0n) is 10.9. The molecule has 0 radical (unpaired) electrons. The van der Waals surface area contributed by atoms with E-state index >= 15 is 0 Å². The fourth-order valence-electron chi connectivity index (χ4n) is 1.76. The molecular formula is C14H16BrN3O. The third-order valence-corrected chi connectivity index (χ3v) is 3.50. The van der Waals surface area contributed by atoms with Gasteiger partial charge >= 0.3 is 0 Å². The van der Waals surface area contributed by atoms with Gasteiger partial charge in [0.25, 0.3) is 5.91 Å². The molecule has 100 valence electrons. The number of amides is 1. The first-order valence-corrected chi connectivity index (χ1v) is 7.01. The lowest BCUT2D eigenvalue weighted by molar-refractivity contribution is 0.102. The Bertz CT molecular complexity index is 580. The van der Waals surface area contributed by atoms with Crippen molar-refractivity contribution in [2.24, 2.45) is 0 Å². The summed E-state index contributed by atoms with van der Waals surface area (Å²) in [6, 6.07) is 9.36. The number of carbonyl (C=O) groups excluding carboxylic acids is 1. The molecule has 2 rings (SSSR count). The molecular weight excluding hydrogens is 306 g/mol. The third kappa shape index (κ3) is 3.23. The van der Waals surface area contributed by atoms with Crippen molar-refractivity contribution < 1.29 is 4.79 Å². The van der Waals surface area contributed by atoms with E-state index < -0.39 is 0 Å². The van der Waals surface area contributed by atoms with Gasteiger partial charge in [-0.3, -0.25) is 4.79 Å². The zero-order chi connectivity index (χ0) is 13.8. The molecule has 0 aliphatic carbocycles. The number of benzene rings is 1. The van der Waals surface area contributed by atoms with Crippen LogP contribution >= 0.6 is 15.9 Å². The van der Waals surface area contributed by atoms with E-state index in [-0.39, 0.29) is 11.9 Å². The molecule has 0 fully saturated rings. The van der Waals surface area contributed by atoms with Crippen molar-refractivity contribution in [3.63, 3.8) is 0 Å². The molecule has 19 heavy (non-hydrogen) atoms. The minimum absolute atomic E-state index is 0.133. The molecule has 5 heteroatoms. The molecule has 4 nitrogen and oxygen atoms in total. The second-order valence-electron chi connectivity index (χ2n) is 4.38. The van der Waals surface area contributed by atoms with Crippen molar-refractivity contribution in [1.29, 1.82) is 0 Å². The number of rotatable bonds is 4. The van der Waals surface area contributed by atoms with Crippen molar-refractivity contribution in [3.8, 4) is 0 Å². The van der Waals surface area contributed by atoms with Gasteiger partial charge in [0, 0.05) is 16.1 Å². The van der Waals surface area contributed by atoms with Gasteiger partial charge in [-0.2, -0.15) is 5.10 Å². The zero-order valence-corrected chi connectivity index (χ0v) is 12.5. The normalized spacial score (nSPS) is 12.2. The Labute approximate surface area is 120 Å². The maximum atomic E-state index is 12.2. The first-order chi connectivity index (χ1) is 9.11. The minimum Gasteiger partial charge on any atom is -0.307 e. The second-order valence-corrected chi connectivity index (χ2v) is 5.30. The molecule has 1 atom stereocenters. The number of aromatic nitrogens is 2. The summed E-state index contributed by atoms with van der Waals surface area (Å²) in [6.45, 7) is 4.16. The molecule has 1 N–H and O–H groups in total. The monoisotopic (exact) mass is 321 g/mol. The van der Waals surface area contributed by atoms with Crippen LogP contribution in [-0.4, -0.2) is 15.7 Å². The number of hydrogen-bond donors (Lipinski definition) is 1. The Morgan fingerprint density at radius 3 is 2.95 bits per heavy atom. The lowest BCUT2D eigenvalue weighted by Crippen LogP contribution is -2.17. The molecule has 0 saturated carbocycles. The maximum absolute atomic E-state index is 12.2. The molecule has 0 aliphatic rings. The van der Waals surface area contributed by atoms with Crippen molar-refractivity contribution in [2.75, 3.05) is 5.32 Å². The number of hydrogen-bond acceptors (Lipinski definition) is 2. The van der Waals surface area contributed by atoms with Crippen molar-refractivity contribution >= 4 is 27.7 Å². The molecule has 1 heterocycles. The SMILES string of the molecule is CCC(C)n1nccc1NC(=O)c1cccc(Br)c1. The van der Waals surface area contributed by atoms with E-state index in [0.29, 0.717) is 5.56 Å². The van der Waals surface area contributed by atoms with E-state index in [1.165, 1.54) is 0 Å². The number of nitrogens with one attached hydrogen (secondary N) is 1. The van der Waals surface area contributed by atoms with Gasteiger partial charge in [0.2, 0.25) is 0 Å². The van der Waals surface area contributed by atoms with Gasteiger partial charge in [0.1, 0.15) is 5.82 Å². The third-order valence-electron chi connectivity index (χ3n) is 3.01. The van der Waals surface area contributed by atoms with Gasteiger partial charge in [-0.1, -0.05) is 28.9 Å². The highest BCUT2D eigenvalue weighted by molar-refractivity contribution is 9.10. The quantitative estimate of drug-likeness (QED) is 0.929. The average Bonchev–Trinajstić information content (AvgIpc) is 2.86. The summed E-state index contributed by atoms with van der Waals surface area (Å²) in [5, 5.41) is 7.13. The van der Waals surface area contributed by atoms with Gasteiger partial charge in [-0.25, -0.2) is 4.68 Å². The summed E-state index contributed by atoms with van der Waals surface area (Å²) in [5.41, 5.74) is 0.617. The van der Waals surface area contributed by atoms with Crippen LogP contribution in [0.3, 0.4) is 0 Å². The van der Waals surface area contributed by atoms with Crippen molar-refractivity contribution in [3.05, 3.63) is 46.6 Å². The summed E-state index contributed by atoms with van der Waals surface area (Å²) in [7, 11) is 0. The first kappa shape index (κ1) is 13.8. The summed E-state index contributed by atoms with van der Waals surface area (Å²) in [5.74, 6) is 0.589. The lowest BCUT2D eigenvalue weighted by Gasteiger charge is -2.14.